The maximum atomic E-state index is 10.0. The first-order chi connectivity index (χ1) is 10.2. The Morgan fingerprint density at radius 1 is 1.27 bits per heavy atom. The van der Waals surface area contributed by atoms with Gasteiger partial charge in [0.1, 0.15) is 11.5 Å². The third-order valence-corrected chi connectivity index (χ3v) is 4.68. The normalized spacial score (nSPS) is 20.3. The molecule has 1 saturated heterocycles. The van der Waals surface area contributed by atoms with Gasteiger partial charge in [-0.05, 0) is 51.4 Å². The molecule has 1 aromatic rings. The number of methoxy groups -OCH3 is 1. The first kappa shape index (κ1) is 17.3. The Hall–Kier alpha value is -1.11. The van der Waals surface area contributed by atoms with E-state index >= 15 is 0 Å². The lowest BCUT2D eigenvalue weighted by Gasteiger charge is -2.32. The van der Waals surface area contributed by atoms with Gasteiger partial charge in [0.2, 0.25) is 0 Å². The molecule has 0 saturated carbocycles. The van der Waals surface area contributed by atoms with Crippen molar-refractivity contribution < 1.29 is 19.2 Å². The van der Waals surface area contributed by atoms with Gasteiger partial charge in [0.15, 0.2) is 0 Å². The van der Waals surface area contributed by atoms with Crippen molar-refractivity contribution in [1.29, 1.82) is 0 Å². The molecular formula is C16H23BO4S. The van der Waals surface area contributed by atoms with Crippen molar-refractivity contribution in [2.24, 2.45) is 0 Å². The number of benzene rings is 1. The van der Waals surface area contributed by atoms with Gasteiger partial charge in [0, 0.05) is 11.3 Å². The zero-order valence-corrected chi connectivity index (χ0v) is 14.6. The second kappa shape index (κ2) is 6.18. The summed E-state index contributed by atoms with van der Waals surface area (Å²) in [5.41, 5.74) is 0.690. The fraction of sp³-hybridized carbons (Fsp3) is 0.500. The summed E-state index contributed by atoms with van der Waals surface area (Å²) < 4.78 is 17.3. The first-order valence-corrected chi connectivity index (χ1v) is 7.87. The zero-order valence-electron chi connectivity index (χ0n) is 13.7. The highest BCUT2D eigenvalue weighted by Gasteiger charge is 2.52. The van der Waals surface area contributed by atoms with Crippen LogP contribution in [-0.2, 0) is 9.31 Å². The van der Waals surface area contributed by atoms with Crippen LogP contribution in [-0.4, -0.2) is 36.3 Å². The zero-order chi connectivity index (χ0) is 16.5. The SMILES string of the molecule is COc1ccc(O)c(C=C(CS)B2OC(C)(C)C(C)(C)O2)c1. The highest BCUT2D eigenvalue weighted by Crippen LogP contribution is 2.39. The number of phenolic OH excluding ortho intramolecular Hbond substituents is 1. The number of rotatable bonds is 4. The Bertz CT molecular complexity index is 568. The van der Waals surface area contributed by atoms with E-state index in [-0.39, 0.29) is 5.75 Å². The van der Waals surface area contributed by atoms with Gasteiger partial charge in [0.25, 0.3) is 0 Å². The molecule has 1 aromatic carbocycles. The summed E-state index contributed by atoms with van der Waals surface area (Å²) in [5.74, 6) is 1.32. The predicted octanol–water partition coefficient (Wildman–Crippen LogP) is 3.35. The van der Waals surface area contributed by atoms with Crippen LogP contribution in [0.1, 0.15) is 33.3 Å². The molecule has 6 heteroatoms. The van der Waals surface area contributed by atoms with Crippen LogP contribution in [0.3, 0.4) is 0 Å². The van der Waals surface area contributed by atoms with Crippen molar-refractivity contribution >= 4 is 25.8 Å². The van der Waals surface area contributed by atoms with Crippen molar-refractivity contribution in [2.45, 2.75) is 38.9 Å². The van der Waals surface area contributed by atoms with Gasteiger partial charge in [-0.1, -0.05) is 6.08 Å². The summed E-state index contributed by atoms with van der Waals surface area (Å²) in [6, 6.07) is 5.08. The molecule has 1 N–H and O–H groups in total. The minimum Gasteiger partial charge on any atom is -0.507 e. The fourth-order valence-corrected chi connectivity index (χ4v) is 2.40. The number of ether oxygens (including phenoxy) is 1. The minimum absolute atomic E-state index is 0.177. The number of phenols is 1. The third-order valence-electron chi connectivity index (χ3n) is 4.31. The standard InChI is InChI=1S/C16H23BO4S/c1-15(2)16(3,4)21-17(20-15)12(10-22)8-11-9-13(19-5)6-7-14(11)18/h6-9,18,22H,10H2,1-5H3. The average molecular weight is 322 g/mol. The predicted molar refractivity (Wildman–Crippen MR) is 92.6 cm³/mol. The Morgan fingerprint density at radius 3 is 2.36 bits per heavy atom. The number of hydrogen-bond acceptors (Lipinski definition) is 5. The van der Waals surface area contributed by atoms with Crippen molar-refractivity contribution in [3.63, 3.8) is 0 Å². The molecule has 1 heterocycles. The molecule has 1 fully saturated rings. The van der Waals surface area contributed by atoms with Crippen LogP contribution in [0.2, 0.25) is 0 Å². The molecule has 0 amide bonds. The van der Waals surface area contributed by atoms with E-state index in [2.05, 4.69) is 12.6 Å². The number of hydrogen-bond donors (Lipinski definition) is 2. The summed E-state index contributed by atoms with van der Waals surface area (Å²) >= 11 is 4.38. The molecule has 0 aromatic heterocycles. The van der Waals surface area contributed by atoms with Gasteiger partial charge in [-0.2, -0.15) is 12.6 Å². The molecule has 0 bridgehead atoms. The van der Waals surface area contributed by atoms with Gasteiger partial charge in [-0.25, -0.2) is 0 Å². The van der Waals surface area contributed by atoms with E-state index in [1.54, 1.807) is 25.3 Å². The average Bonchev–Trinajstić information content (AvgIpc) is 2.66. The molecule has 22 heavy (non-hydrogen) atoms. The summed E-state index contributed by atoms with van der Waals surface area (Å²) in [4.78, 5) is 0. The second-order valence-corrected chi connectivity index (χ2v) is 6.71. The Morgan fingerprint density at radius 2 is 1.86 bits per heavy atom. The van der Waals surface area contributed by atoms with Gasteiger partial charge in [-0.3, -0.25) is 0 Å². The van der Waals surface area contributed by atoms with Crippen LogP contribution in [0.15, 0.2) is 23.7 Å². The first-order valence-electron chi connectivity index (χ1n) is 7.24. The maximum Gasteiger partial charge on any atom is 0.491 e. The summed E-state index contributed by atoms with van der Waals surface area (Å²) in [5, 5.41) is 10.0. The van der Waals surface area contributed by atoms with Crippen molar-refractivity contribution in [3.05, 3.63) is 29.2 Å². The maximum absolute atomic E-state index is 10.0. The highest BCUT2D eigenvalue weighted by atomic mass is 32.1. The van der Waals surface area contributed by atoms with E-state index in [0.29, 0.717) is 17.1 Å². The molecule has 0 atom stereocenters. The molecule has 0 aliphatic carbocycles. The molecule has 1 aliphatic rings. The Kier molecular flexibility index (Phi) is 4.85. The lowest BCUT2D eigenvalue weighted by molar-refractivity contribution is 0.00578. The van der Waals surface area contributed by atoms with Crippen LogP contribution in [0, 0.1) is 0 Å². The summed E-state index contributed by atoms with van der Waals surface area (Å²) in [6.07, 6.45) is 1.84. The van der Waals surface area contributed by atoms with E-state index in [1.165, 1.54) is 0 Å². The highest BCUT2D eigenvalue weighted by molar-refractivity contribution is 7.80. The van der Waals surface area contributed by atoms with E-state index in [1.807, 2.05) is 33.8 Å². The van der Waals surface area contributed by atoms with Gasteiger partial charge < -0.3 is 19.2 Å². The monoisotopic (exact) mass is 322 g/mol. The van der Waals surface area contributed by atoms with E-state index in [0.717, 1.165) is 5.47 Å². The minimum atomic E-state index is -0.479. The molecule has 0 spiro atoms. The van der Waals surface area contributed by atoms with E-state index in [9.17, 15) is 5.11 Å². The van der Waals surface area contributed by atoms with Crippen LogP contribution >= 0.6 is 12.6 Å². The summed E-state index contributed by atoms with van der Waals surface area (Å²) in [7, 11) is 1.11. The largest absolute Gasteiger partial charge is 0.507 e. The fourth-order valence-electron chi connectivity index (χ4n) is 2.16. The quantitative estimate of drug-likeness (QED) is 0.659. The smallest absolute Gasteiger partial charge is 0.491 e. The second-order valence-electron chi connectivity index (χ2n) is 6.39. The molecular weight excluding hydrogens is 299 g/mol. The van der Waals surface area contributed by atoms with E-state index < -0.39 is 18.3 Å². The molecule has 120 valence electrons. The lowest BCUT2D eigenvalue weighted by atomic mass is 9.78. The van der Waals surface area contributed by atoms with Crippen LogP contribution < -0.4 is 4.74 Å². The van der Waals surface area contributed by atoms with Crippen molar-refractivity contribution in [1.82, 2.24) is 0 Å². The Balaban J connectivity index is 2.33. The van der Waals surface area contributed by atoms with Crippen molar-refractivity contribution in [2.75, 3.05) is 12.9 Å². The Labute approximate surface area is 138 Å². The van der Waals surface area contributed by atoms with Crippen LogP contribution in [0.4, 0.5) is 0 Å². The van der Waals surface area contributed by atoms with Crippen LogP contribution in [0.5, 0.6) is 11.5 Å². The molecule has 0 unspecified atom stereocenters. The van der Waals surface area contributed by atoms with Crippen molar-refractivity contribution in [3.8, 4) is 11.5 Å². The molecule has 1 aliphatic heterocycles. The number of aromatic hydroxyl groups is 1. The topological polar surface area (TPSA) is 47.9 Å². The van der Waals surface area contributed by atoms with Gasteiger partial charge in [-0.15, -0.1) is 0 Å². The third kappa shape index (κ3) is 3.29. The van der Waals surface area contributed by atoms with Crippen LogP contribution in [0.25, 0.3) is 6.08 Å². The molecule has 2 rings (SSSR count). The molecule has 0 radical (unpaired) electrons. The molecule has 4 nitrogen and oxygen atoms in total. The van der Waals surface area contributed by atoms with Gasteiger partial charge in [0.05, 0.1) is 18.3 Å². The van der Waals surface area contributed by atoms with Gasteiger partial charge >= 0.3 is 7.12 Å². The summed E-state index contributed by atoms with van der Waals surface area (Å²) in [6.45, 7) is 8.02. The number of thiol groups is 1. The lowest BCUT2D eigenvalue weighted by Crippen LogP contribution is -2.41. The van der Waals surface area contributed by atoms with E-state index in [4.69, 9.17) is 14.0 Å².